The molecule has 0 amide bonds. The summed E-state index contributed by atoms with van der Waals surface area (Å²) in [5.74, 6) is -0.758. The molecule has 0 unspecified atom stereocenters. The molecule has 0 saturated heterocycles. The number of benzene rings is 3. The van der Waals surface area contributed by atoms with Gasteiger partial charge in [0.25, 0.3) is 0 Å². The maximum absolute atomic E-state index is 11.7. The Bertz CT molecular complexity index is 1210. The van der Waals surface area contributed by atoms with Gasteiger partial charge in [-0.3, -0.25) is 0 Å². The number of aromatic carboxylic acids is 1. The topological polar surface area (TPSA) is 117 Å². The molecule has 0 atom stereocenters. The largest absolute Gasteiger partial charge is 0.478 e. The molecule has 0 saturated carbocycles. The van der Waals surface area contributed by atoms with Crippen molar-refractivity contribution in [3.8, 4) is 0 Å². The van der Waals surface area contributed by atoms with Gasteiger partial charge in [-0.15, -0.1) is 0 Å². The SMILES string of the molecule is NC(=Nc1nc2ccccc2[nH]1)/N=C(\c1ccccc1)c1ccccc1C(=O)O. The molecule has 4 rings (SSSR count). The lowest BCUT2D eigenvalue weighted by Crippen LogP contribution is -2.16. The molecular formula is C22H17N5O2. The minimum absolute atomic E-state index is 0.0388. The van der Waals surface area contributed by atoms with Crippen LogP contribution in [0.5, 0.6) is 0 Å². The van der Waals surface area contributed by atoms with E-state index in [1.165, 1.54) is 6.07 Å². The molecule has 0 radical (unpaired) electrons. The standard InChI is InChI=1S/C22H17N5O2/c23-21(27-22-24-17-12-6-7-13-18(17)25-22)26-19(14-8-2-1-3-9-14)15-10-4-5-11-16(15)20(28)29/h1-13H,(H,28,29)(H3,23,24,25,27)/b26-19+. The molecule has 3 aromatic carbocycles. The number of nitrogens with one attached hydrogen (secondary N) is 1. The van der Waals surface area contributed by atoms with Gasteiger partial charge in [0, 0.05) is 11.1 Å². The highest BCUT2D eigenvalue weighted by Gasteiger charge is 2.16. The summed E-state index contributed by atoms with van der Waals surface area (Å²) >= 11 is 0. The summed E-state index contributed by atoms with van der Waals surface area (Å²) < 4.78 is 0. The molecule has 142 valence electrons. The van der Waals surface area contributed by atoms with Crippen molar-refractivity contribution in [2.75, 3.05) is 0 Å². The van der Waals surface area contributed by atoms with Gasteiger partial charge in [0.05, 0.1) is 22.3 Å². The molecular weight excluding hydrogens is 366 g/mol. The first-order chi connectivity index (χ1) is 14.1. The lowest BCUT2D eigenvalue weighted by atomic mass is 9.97. The normalized spacial score (nSPS) is 12.3. The van der Waals surface area contributed by atoms with Gasteiger partial charge in [-0.2, -0.15) is 4.99 Å². The third-order valence-corrected chi connectivity index (χ3v) is 4.28. The summed E-state index contributed by atoms with van der Waals surface area (Å²) in [5, 5.41) is 9.58. The van der Waals surface area contributed by atoms with Crippen LogP contribution in [0.1, 0.15) is 21.5 Å². The van der Waals surface area contributed by atoms with Crippen molar-refractivity contribution in [1.82, 2.24) is 9.97 Å². The number of aromatic nitrogens is 2. The van der Waals surface area contributed by atoms with Crippen molar-refractivity contribution in [1.29, 1.82) is 0 Å². The van der Waals surface area contributed by atoms with Crippen molar-refractivity contribution < 1.29 is 9.90 Å². The first kappa shape index (κ1) is 18.1. The number of carbonyl (C=O) groups is 1. The molecule has 1 heterocycles. The smallest absolute Gasteiger partial charge is 0.336 e. The Kier molecular flexibility index (Phi) is 4.86. The Balaban J connectivity index is 1.83. The molecule has 29 heavy (non-hydrogen) atoms. The number of aromatic amines is 1. The fourth-order valence-electron chi connectivity index (χ4n) is 2.99. The maximum atomic E-state index is 11.7. The summed E-state index contributed by atoms with van der Waals surface area (Å²) in [6.45, 7) is 0. The van der Waals surface area contributed by atoms with E-state index < -0.39 is 5.97 Å². The van der Waals surface area contributed by atoms with E-state index in [-0.39, 0.29) is 11.5 Å². The van der Waals surface area contributed by atoms with Crippen LogP contribution in [-0.2, 0) is 0 Å². The summed E-state index contributed by atoms with van der Waals surface area (Å²) in [6.07, 6.45) is 0. The minimum Gasteiger partial charge on any atom is -0.478 e. The number of carboxylic acid groups (broad SMARTS) is 1. The molecule has 1 aromatic heterocycles. The second-order valence-electron chi connectivity index (χ2n) is 6.22. The van der Waals surface area contributed by atoms with E-state index in [0.29, 0.717) is 17.2 Å². The van der Waals surface area contributed by atoms with E-state index in [0.717, 1.165) is 16.6 Å². The average molecular weight is 383 g/mol. The third kappa shape index (κ3) is 3.89. The molecule has 0 spiro atoms. The van der Waals surface area contributed by atoms with Gasteiger partial charge in [-0.1, -0.05) is 60.7 Å². The van der Waals surface area contributed by atoms with Gasteiger partial charge in [0.1, 0.15) is 0 Å². The Morgan fingerprint density at radius 1 is 0.897 bits per heavy atom. The number of H-pyrrole nitrogens is 1. The number of fused-ring (bicyclic) bond motifs is 1. The summed E-state index contributed by atoms with van der Waals surface area (Å²) in [6, 6.07) is 23.4. The summed E-state index contributed by atoms with van der Waals surface area (Å²) in [7, 11) is 0. The monoisotopic (exact) mass is 383 g/mol. The van der Waals surface area contributed by atoms with Gasteiger partial charge >= 0.3 is 5.97 Å². The van der Waals surface area contributed by atoms with Crippen molar-refractivity contribution in [3.05, 3.63) is 95.6 Å². The Morgan fingerprint density at radius 2 is 1.55 bits per heavy atom. The predicted octanol–water partition coefficient (Wildman–Crippen LogP) is 3.74. The average Bonchev–Trinajstić information content (AvgIpc) is 3.15. The van der Waals surface area contributed by atoms with E-state index in [2.05, 4.69) is 20.0 Å². The van der Waals surface area contributed by atoms with Gasteiger partial charge in [-0.05, 0) is 18.2 Å². The maximum Gasteiger partial charge on any atom is 0.336 e. The van der Waals surface area contributed by atoms with Crippen molar-refractivity contribution in [2.24, 2.45) is 15.7 Å². The van der Waals surface area contributed by atoms with E-state index in [1.807, 2.05) is 54.6 Å². The van der Waals surface area contributed by atoms with Crippen LogP contribution in [0.2, 0.25) is 0 Å². The lowest BCUT2D eigenvalue weighted by Gasteiger charge is -2.10. The number of nitrogens with two attached hydrogens (primary N) is 1. The number of hydrogen-bond donors (Lipinski definition) is 3. The van der Waals surface area contributed by atoms with Crippen molar-refractivity contribution in [2.45, 2.75) is 0 Å². The molecule has 0 aliphatic carbocycles. The lowest BCUT2D eigenvalue weighted by molar-refractivity contribution is 0.0696. The number of para-hydroxylation sites is 2. The molecule has 0 aliphatic heterocycles. The quantitative estimate of drug-likeness (QED) is 0.367. The highest BCUT2D eigenvalue weighted by Crippen LogP contribution is 2.18. The highest BCUT2D eigenvalue weighted by molar-refractivity contribution is 6.20. The molecule has 4 N–H and O–H groups in total. The van der Waals surface area contributed by atoms with Crippen LogP contribution in [0.15, 0.2) is 88.8 Å². The zero-order valence-corrected chi connectivity index (χ0v) is 15.3. The van der Waals surface area contributed by atoms with Crippen molar-refractivity contribution in [3.63, 3.8) is 0 Å². The highest BCUT2D eigenvalue weighted by atomic mass is 16.4. The second kappa shape index (κ2) is 7.77. The fraction of sp³-hybridized carbons (Fsp3) is 0. The predicted molar refractivity (Wildman–Crippen MR) is 113 cm³/mol. The number of carboxylic acids is 1. The number of hydrogen-bond acceptors (Lipinski definition) is 3. The van der Waals surface area contributed by atoms with Gasteiger partial charge in [-0.25, -0.2) is 14.8 Å². The zero-order chi connectivity index (χ0) is 20.2. The number of rotatable bonds is 4. The Morgan fingerprint density at radius 3 is 2.28 bits per heavy atom. The minimum atomic E-state index is -1.04. The van der Waals surface area contributed by atoms with Gasteiger partial charge in [0.2, 0.25) is 11.9 Å². The third-order valence-electron chi connectivity index (χ3n) is 4.28. The van der Waals surface area contributed by atoms with E-state index in [4.69, 9.17) is 5.73 Å². The van der Waals surface area contributed by atoms with Crippen LogP contribution in [0.3, 0.4) is 0 Å². The first-order valence-electron chi connectivity index (χ1n) is 8.87. The fourth-order valence-corrected chi connectivity index (χ4v) is 2.99. The van der Waals surface area contributed by atoms with E-state index in [1.54, 1.807) is 18.2 Å². The first-order valence-corrected chi connectivity index (χ1v) is 8.87. The number of aliphatic imine (C=N–C) groups is 2. The van der Waals surface area contributed by atoms with Gasteiger partial charge < -0.3 is 15.8 Å². The Hall–Kier alpha value is -4.26. The summed E-state index contributed by atoms with van der Waals surface area (Å²) in [5.41, 5.74) is 9.41. The van der Waals surface area contributed by atoms with Crippen molar-refractivity contribution >= 4 is 34.6 Å². The van der Waals surface area contributed by atoms with Crippen LogP contribution < -0.4 is 5.73 Å². The molecule has 0 aliphatic rings. The molecule has 0 fully saturated rings. The van der Waals surface area contributed by atoms with Gasteiger partial charge in [0.15, 0.2) is 0 Å². The van der Waals surface area contributed by atoms with Crippen LogP contribution in [0.4, 0.5) is 5.95 Å². The van der Waals surface area contributed by atoms with Crippen LogP contribution in [0, 0.1) is 0 Å². The molecule has 7 heteroatoms. The van der Waals surface area contributed by atoms with E-state index >= 15 is 0 Å². The number of nitrogens with zero attached hydrogens (tertiary/aromatic N) is 3. The Labute approximate surface area is 166 Å². The van der Waals surface area contributed by atoms with E-state index in [9.17, 15) is 9.90 Å². The van der Waals surface area contributed by atoms with Crippen LogP contribution >= 0.6 is 0 Å². The number of guanidine groups is 1. The molecule has 4 aromatic rings. The van der Waals surface area contributed by atoms with Crippen LogP contribution in [0.25, 0.3) is 11.0 Å². The molecule has 7 nitrogen and oxygen atoms in total. The second-order valence-corrected chi connectivity index (χ2v) is 6.22. The summed E-state index contributed by atoms with van der Waals surface area (Å²) in [4.78, 5) is 27.8. The molecule has 0 bridgehead atoms. The van der Waals surface area contributed by atoms with Crippen LogP contribution in [-0.4, -0.2) is 32.7 Å². The zero-order valence-electron chi connectivity index (χ0n) is 15.3. The number of imidazole rings is 1.